The summed E-state index contributed by atoms with van der Waals surface area (Å²) in [6, 6.07) is 3.93. The second-order valence-corrected chi connectivity index (χ2v) is 6.80. The molecular formula is C18H30ClN3O3. The Morgan fingerprint density at radius 3 is 2.56 bits per heavy atom. The van der Waals surface area contributed by atoms with Gasteiger partial charge in [0.05, 0.1) is 19.7 Å². The summed E-state index contributed by atoms with van der Waals surface area (Å²) in [5.41, 5.74) is 1.03. The fourth-order valence-electron chi connectivity index (χ4n) is 2.48. The number of unbranched alkanes of at least 4 members (excludes halogenated alkanes) is 1. The number of nitrogens with zero attached hydrogens (tertiary/aromatic N) is 3. The summed E-state index contributed by atoms with van der Waals surface area (Å²) in [4.78, 5) is 28.4. The molecule has 0 radical (unpaired) electrons. The van der Waals surface area contributed by atoms with E-state index >= 15 is 0 Å². The number of amides is 2. The number of carbonyl (C=O) groups is 2. The normalized spacial score (nSPS) is 12.0. The SMILES string of the molecule is CCCCN(CC(=O)N(CCOC)Cc1cccn1C)C(=O)C(C)Cl. The van der Waals surface area contributed by atoms with Crippen LogP contribution < -0.4 is 0 Å². The molecule has 2 amide bonds. The fraction of sp³-hybridized carbons (Fsp3) is 0.667. The summed E-state index contributed by atoms with van der Waals surface area (Å²) in [5.74, 6) is -0.297. The van der Waals surface area contributed by atoms with Crippen molar-refractivity contribution in [3.05, 3.63) is 24.0 Å². The van der Waals surface area contributed by atoms with E-state index in [0.29, 0.717) is 26.2 Å². The molecule has 142 valence electrons. The van der Waals surface area contributed by atoms with E-state index in [1.807, 2.05) is 29.9 Å². The van der Waals surface area contributed by atoms with Crippen molar-refractivity contribution in [3.8, 4) is 0 Å². The Hall–Kier alpha value is -1.53. The second kappa shape index (κ2) is 11.2. The zero-order valence-corrected chi connectivity index (χ0v) is 16.5. The molecule has 0 aliphatic rings. The van der Waals surface area contributed by atoms with Crippen LogP contribution in [0.25, 0.3) is 0 Å². The average Bonchev–Trinajstić information content (AvgIpc) is 2.99. The summed E-state index contributed by atoms with van der Waals surface area (Å²) in [6.07, 6.45) is 3.74. The van der Waals surface area contributed by atoms with Crippen molar-refractivity contribution >= 4 is 23.4 Å². The predicted molar refractivity (Wildman–Crippen MR) is 99.5 cm³/mol. The van der Waals surface area contributed by atoms with E-state index in [9.17, 15) is 9.59 Å². The molecule has 1 aromatic heterocycles. The Morgan fingerprint density at radius 1 is 1.32 bits per heavy atom. The van der Waals surface area contributed by atoms with Gasteiger partial charge in [0.1, 0.15) is 5.38 Å². The zero-order chi connectivity index (χ0) is 18.8. The minimum absolute atomic E-state index is 0.0457. The third-order valence-corrected chi connectivity index (χ3v) is 4.27. The van der Waals surface area contributed by atoms with E-state index in [1.54, 1.807) is 23.8 Å². The minimum atomic E-state index is -0.634. The van der Waals surface area contributed by atoms with Crippen molar-refractivity contribution in [2.24, 2.45) is 7.05 Å². The van der Waals surface area contributed by atoms with Gasteiger partial charge in [0.2, 0.25) is 11.8 Å². The smallest absolute Gasteiger partial charge is 0.242 e. The summed E-state index contributed by atoms with van der Waals surface area (Å²) in [5, 5.41) is -0.634. The van der Waals surface area contributed by atoms with Gasteiger partial charge in [-0.3, -0.25) is 9.59 Å². The Kier molecular flexibility index (Phi) is 9.60. The first-order valence-electron chi connectivity index (χ1n) is 8.70. The molecule has 1 unspecified atom stereocenters. The molecule has 0 fully saturated rings. The highest BCUT2D eigenvalue weighted by atomic mass is 35.5. The van der Waals surface area contributed by atoms with Crippen LogP contribution in [0.3, 0.4) is 0 Å². The van der Waals surface area contributed by atoms with E-state index in [4.69, 9.17) is 16.3 Å². The van der Waals surface area contributed by atoms with Gasteiger partial charge in [0, 0.05) is 39.1 Å². The highest BCUT2D eigenvalue weighted by Gasteiger charge is 2.24. The second-order valence-electron chi connectivity index (χ2n) is 6.15. The van der Waals surface area contributed by atoms with Gasteiger partial charge in [0.25, 0.3) is 0 Å². The van der Waals surface area contributed by atoms with Gasteiger partial charge in [-0.2, -0.15) is 0 Å². The molecule has 0 aliphatic heterocycles. The molecule has 0 N–H and O–H groups in total. The summed E-state index contributed by atoms with van der Waals surface area (Å²) >= 11 is 5.94. The average molecular weight is 372 g/mol. The maximum atomic E-state index is 12.8. The molecule has 0 aromatic carbocycles. The van der Waals surface area contributed by atoms with Crippen LogP contribution in [0, 0.1) is 0 Å². The van der Waals surface area contributed by atoms with Crippen molar-refractivity contribution in [2.45, 2.75) is 38.6 Å². The monoisotopic (exact) mass is 371 g/mol. The van der Waals surface area contributed by atoms with E-state index in [-0.39, 0.29) is 18.4 Å². The van der Waals surface area contributed by atoms with Crippen molar-refractivity contribution in [1.29, 1.82) is 0 Å². The first-order chi connectivity index (χ1) is 11.9. The number of alkyl halides is 1. The number of carbonyl (C=O) groups excluding carboxylic acids is 2. The predicted octanol–water partition coefficient (Wildman–Crippen LogP) is 2.26. The molecule has 1 atom stereocenters. The van der Waals surface area contributed by atoms with Gasteiger partial charge >= 0.3 is 0 Å². The standard InChI is InChI=1S/C18H30ClN3O3/c1-5-6-10-22(18(24)15(2)19)14-17(23)21(11-12-25-4)13-16-8-7-9-20(16)3/h7-9,15H,5-6,10-14H2,1-4H3. The Morgan fingerprint density at radius 2 is 2.04 bits per heavy atom. The summed E-state index contributed by atoms with van der Waals surface area (Å²) < 4.78 is 7.11. The topological polar surface area (TPSA) is 54.8 Å². The first kappa shape index (κ1) is 21.5. The maximum Gasteiger partial charge on any atom is 0.242 e. The summed E-state index contributed by atoms with van der Waals surface area (Å²) in [7, 11) is 3.55. The molecule has 1 heterocycles. The number of aromatic nitrogens is 1. The molecule has 0 saturated heterocycles. The van der Waals surface area contributed by atoms with Crippen LogP contribution in [0.2, 0.25) is 0 Å². The van der Waals surface area contributed by atoms with E-state index in [0.717, 1.165) is 18.5 Å². The van der Waals surface area contributed by atoms with Gasteiger partial charge in [-0.15, -0.1) is 11.6 Å². The quantitative estimate of drug-likeness (QED) is 0.561. The van der Waals surface area contributed by atoms with Crippen LogP contribution in [0.4, 0.5) is 0 Å². The van der Waals surface area contributed by atoms with Gasteiger partial charge in [-0.25, -0.2) is 0 Å². The highest BCUT2D eigenvalue weighted by Crippen LogP contribution is 2.09. The number of rotatable bonds is 11. The van der Waals surface area contributed by atoms with Crippen molar-refractivity contribution in [3.63, 3.8) is 0 Å². The number of methoxy groups -OCH3 is 1. The van der Waals surface area contributed by atoms with Crippen LogP contribution in [-0.4, -0.2) is 64.9 Å². The fourth-order valence-corrected chi connectivity index (χ4v) is 2.62. The molecule has 7 heteroatoms. The maximum absolute atomic E-state index is 12.8. The molecule has 6 nitrogen and oxygen atoms in total. The zero-order valence-electron chi connectivity index (χ0n) is 15.7. The van der Waals surface area contributed by atoms with Crippen molar-refractivity contribution in [1.82, 2.24) is 14.4 Å². The lowest BCUT2D eigenvalue weighted by molar-refractivity contribution is -0.141. The molecule has 0 aliphatic carbocycles. The molecule has 0 spiro atoms. The third kappa shape index (κ3) is 7.08. The Labute approximate surface area is 155 Å². The van der Waals surface area contributed by atoms with Crippen LogP contribution in [0.1, 0.15) is 32.4 Å². The Balaban J connectivity index is 2.82. The number of ether oxygens (including phenoxy) is 1. The molecule has 25 heavy (non-hydrogen) atoms. The van der Waals surface area contributed by atoms with Gasteiger partial charge in [-0.05, 0) is 25.5 Å². The van der Waals surface area contributed by atoms with E-state index < -0.39 is 5.38 Å². The lowest BCUT2D eigenvalue weighted by Crippen LogP contribution is -2.46. The number of halogens is 1. The molecule has 0 bridgehead atoms. The van der Waals surface area contributed by atoms with Gasteiger partial charge < -0.3 is 19.1 Å². The number of hydrogen-bond acceptors (Lipinski definition) is 3. The molecule has 1 aromatic rings. The molecule has 1 rings (SSSR count). The van der Waals surface area contributed by atoms with Crippen molar-refractivity contribution in [2.75, 3.05) is 33.4 Å². The van der Waals surface area contributed by atoms with Crippen LogP contribution in [0.5, 0.6) is 0 Å². The molecular weight excluding hydrogens is 342 g/mol. The minimum Gasteiger partial charge on any atom is -0.383 e. The largest absolute Gasteiger partial charge is 0.383 e. The lowest BCUT2D eigenvalue weighted by atomic mass is 10.2. The van der Waals surface area contributed by atoms with Crippen LogP contribution in [0.15, 0.2) is 18.3 Å². The van der Waals surface area contributed by atoms with E-state index in [1.165, 1.54) is 0 Å². The van der Waals surface area contributed by atoms with Crippen molar-refractivity contribution < 1.29 is 14.3 Å². The first-order valence-corrected chi connectivity index (χ1v) is 9.14. The Bertz CT molecular complexity index is 545. The molecule has 0 saturated carbocycles. The summed E-state index contributed by atoms with van der Waals surface area (Å²) in [6.45, 7) is 5.69. The lowest BCUT2D eigenvalue weighted by Gasteiger charge is -2.28. The number of hydrogen-bond donors (Lipinski definition) is 0. The highest BCUT2D eigenvalue weighted by molar-refractivity contribution is 6.30. The number of aryl methyl sites for hydroxylation is 1. The van der Waals surface area contributed by atoms with Gasteiger partial charge in [0.15, 0.2) is 0 Å². The van der Waals surface area contributed by atoms with Gasteiger partial charge in [-0.1, -0.05) is 13.3 Å². The van der Waals surface area contributed by atoms with Crippen LogP contribution >= 0.6 is 11.6 Å². The third-order valence-electron chi connectivity index (χ3n) is 4.08. The van der Waals surface area contributed by atoms with E-state index in [2.05, 4.69) is 6.92 Å². The van der Waals surface area contributed by atoms with Crippen LogP contribution in [-0.2, 0) is 27.9 Å².